The van der Waals surface area contributed by atoms with Crippen molar-refractivity contribution in [3.63, 3.8) is 0 Å². The highest BCUT2D eigenvalue weighted by Crippen LogP contribution is 2.24. The minimum Gasteiger partial charge on any atom is -0.481 e. The Balaban J connectivity index is 2.04. The fraction of sp³-hybridized carbons (Fsp3) is 0.235. The summed E-state index contributed by atoms with van der Waals surface area (Å²) >= 11 is 3.32. The summed E-state index contributed by atoms with van der Waals surface area (Å²) < 4.78 is 33.3. The fourth-order valence-electron chi connectivity index (χ4n) is 2.05. The molecule has 2 aromatic carbocycles. The van der Waals surface area contributed by atoms with E-state index in [2.05, 4.69) is 20.7 Å². The van der Waals surface area contributed by atoms with Gasteiger partial charge >= 0.3 is 5.97 Å². The Hall–Kier alpha value is -1.94. The molecule has 2 aromatic rings. The first-order chi connectivity index (χ1) is 12.1. The number of halogens is 1. The highest BCUT2D eigenvalue weighted by atomic mass is 79.9. The topological polar surface area (TPSA) is 113 Å². The molecule has 7 nitrogen and oxygen atoms in total. The Morgan fingerprint density at radius 2 is 1.62 bits per heavy atom. The quantitative estimate of drug-likeness (QED) is 0.577. The number of ether oxygens (including phenoxy) is 1. The number of aliphatic hydroxyl groups is 1. The van der Waals surface area contributed by atoms with E-state index in [1.54, 1.807) is 12.1 Å². The monoisotopic (exact) mass is 443 g/mol. The third kappa shape index (κ3) is 6.10. The molecule has 3 N–H and O–H groups in total. The molecule has 1 atom stereocenters. The molecule has 0 aliphatic carbocycles. The number of aliphatic carboxylic acids is 1. The second-order valence-electron chi connectivity index (χ2n) is 5.92. The third-order valence-corrected chi connectivity index (χ3v) is 5.30. The molecule has 0 aliphatic heterocycles. The normalized spacial score (nSPS) is 13.8. The lowest BCUT2D eigenvalue weighted by molar-refractivity contribution is -0.141. The van der Waals surface area contributed by atoms with Crippen LogP contribution in [0.3, 0.4) is 0 Å². The van der Waals surface area contributed by atoms with E-state index >= 15 is 0 Å². The Bertz CT molecular complexity index is 863. The molecule has 0 bridgehead atoms. The lowest BCUT2D eigenvalue weighted by atomic mass is 10.0. The molecular weight excluding hydrogens is 426 g/mol. The SMILES string of the molecule is CC(O)(CNS(=O)(=O)c1ccc(Oc2ccc(Br)cc2)cc1)CC(=O)O. The van der Waals surface area contributed by atoms with Crippen molar-refractivity contribution in [1.29, 1.82) is 0 Å². The lowest BCUT2D eigenvalue weighted by Crippen LogP contribution is -2.42. The van der Waals surface area contributed by atoms with E-state index < -0.39 is 34.6 Å². The summed E-state index contributed by atoms with van der Waals surface area (Å²) in [5.74, 6) is -0.153. The van der Waals surface area contributed by atoms with Crippen LogP contribution in [0.5, 0.6) is 11.5 Å². The molecule has 9 heteroatoms. The Labute approximate surface area is 159 Å². The van der Waals surface area contributed by atoms with Gasteiger partial charge in [0.1, 0.15) is 11.5 Å². The summed E-state index contributed by atoms with van der Waals surface area (Å²) in [4.78, 5) is 10.6. The van der Waals surface area contributed by atoms with E-state index in [1.165, 1.54) is 31.2 Å². The molecule has 0 aromatic heterocycles. The predicted molar refractivity (Wildman–Crippen MR) is 98.7 cm³/mol. The van der Waals surface area contributed by atoms with Crippen molar-refractivity contribution in [1.82, 2.24) is 4.72 Å². The molecule has 2 rings (SSSR count). The molecule has 26 heavy (non-hydrogen) atoms. The zero-order chi connectivity index (χ0) is 19.4. The summed E-state index contributed by atoms with van der Waals surface area (Å²) in [6, 6.07) is 12.9. The van der Waals surface area contributed by atoms with Crippen LogP contribution in [-0.4, -0.2) is 36.7 Å². The summed E-state index contributed by atoms with van der Waals surface area (Å²) in [5.41, 5.74) is -1.69. The van der Waals surface area contributed by atoms with Gasteiger partial charge in [0, 0.05) is 11.0 Å². The predicted octanol–water partition coefficient (Wildman–Crippen LogP) is 2.75. The number of rotatable bonds is 8. The summed E-state index contributed by atoms with van der Waals surface area (Å²) in [5, 5.41) is 18.6. The molecule has 0 saturated heterocycles. The van der Waals surface area contributed by atoms with Crippen LogP contribution in [-0.2, 0) is 14.8 Å². The van der Waals surface area contributed by atoms with Crippen LogP contribution in [0.15, 0.2) is 57.9 Å². The van der Waals surface area contributed by atoms with E-state index in [0.29, 0.717) is 11.5 Å². The van der Waals surface area contributed by atoms with E-state index in [9.17, 15) is 18.3 Å². The van der Waals surface area contributed by atoms with Crippen molar-refractivity contribution in [2.75, 3.05) is 6.54 Å². The molecule has 0 radical (unpaired) electrons. The largest absolute Gasteiger partial charge is 0.481 e. The van der Waals surface area contributed by atoms with Crippen molar-refractivity contribution in [3.8, 4) is 11.5 Å². The Morgan fingerprint density at radius 1 is 1.12 bits per heavy atom. The van der Waals surface area contributed by atoms with Crippen LogP contribution >= 0.6 is 15.9 Å². The number of benzene rings is 2. The Kier molecular flexibility index (Phi) is 6.40. The number of carbonyl (C=O) groups is 1. The van der Waals surface area contributed by atoms with E-state index in [-0.39, 0.29) is 4.90 Å². The Morgan fingerprint density at radius 3 is 2.12 bits per heavy atom. The van der Waals surface area contributed by atoms with Gasteiger partial charge in [-0.1, -0.05) is 15.9 Å². The molecule has 0 spiro atoms. The van der Waals surface area contributed by atoms with Gasteiger partial charge in [-0.3, -0.25) is 4.79 Å². The number of nitrogens with one attached hydrogen (secondary N) is 1. The van der Waals surface area contributed by atoms with Gasteiger partial charge in [-0.05, 0) is 55.5 Å². The summed E-state index contributed by atoms with van der Waals surface area (Å²) in [6.45, 7) is 0.831. The fourth-order valence-corrected chi connectivity index (χ4v) is 3.47. The highest BCUT2D eigenvalue weighted by molar-refractivity contribution is 9.10. The van der Waals surface area contributed by atoms with Crippen molar-refractivity contribution in [2.24, 2.45) is 0 Å². The highest BCUT2D eigenvalue weighted by Gasteiger charge is 2.27. The first-order valence-electron chi connectivity index (χ1n) is 7.55. The van der Waals surface area contributed by atoms with Crippen LogP contribution in [0.1, 0.15) is 13.3 Å². The number of hydrogen-bond donors (Lipinski definition) is 3. The van der Waals surface area contributed by atoms with Crippen LogP contribution < -0.4 is 9.46 Å². The zero-order valence-corrected chi connectivity index (χ0v) is 16.2. The number of hydrogen-bond acceptors (Lipinski definition) is 5. The average molecular weight is 444 g/mol. The van der Waals surface area contributed by atoms with Gasteiger partial charge in [0.2, 0.25) is 10.0 Å². The second kappa shape index (κ2) is 8.17. The molecule has 0 aliphatic rings. The van der Waals surface area contributed by atoms with Gasteiger partial charge in [-0.2, -0.15) is 0 Å². The smallest absolute Gasteiger partial charge is 0.306 e. The molecular formula is C17H18BrNO6S. The summed E-state index contributed by atoms with van der Waals surface area (Å²) in [7, 11) is -3.89. The van der Waals surface area contributed by atoms with Gasteiger partial charge in [-0.15, -0.1) is 0 Å². The van der Waals surface area contributed by atoms with Crippen LogP contribution in [0.4, 0.5) is 0 Å². The molecule has 0 fully saturated rings. The maximum Gasteiger partial charge on any atom is 0.306 e. The number of carboxylic acid groups (broad SMARTS) is 1. The standard InChI is InChI=1S/C17H18BrNO6S/c1-17(22,10-16(20)21)11-19-26(23,24)15-8-6-14(7-9-15)25-13-4-2-12(18)3-5-13/h2-9,19,22H,10-11H2,1H3,(H,20,21). The minimum atomic E-state index is -3.89. The maximum absolute atomic E-state index is 12.3. The maximum atomic E-state index is 12.3. The number of carboxylic acids is 1. The van der Waals surface area contributed by atoms with Crippen molar-refractivity contribution < 1.29 is 28.2 Å². The van der Waals surface area contributed by atoms with Gasteiger partial charge < -0.3 is 14.9 Å². The molecule has 0 saturated carbocycles. The molecule has 0 amide bonds. The number of sulfonamides is 1. The van der Waals surface area contributed by atoms with Crippen LogP contribution in [0.25, 0.3) is 0 Å². The molecule has 0 heterocycles. The second-order valence-corrected chi connectivity index (χ2v) is 8.60. The first-order valence-corrected chi connectivity index (χ1v) is 9.82. The lowest BCUT2D eigenvalue weighted by Gasteiger charge is -2.21. The van der Waals surface area contributed by atoms with Crippen molar-refractivity contribution in [3.05, 3.63) is 53.0 Å². The summed E-state index contributed by atoms with van der Waals surface area (Å²) in [6.07, 6.45) is -0.574. The first kappa shape index (κ1) is 20.4. The van der Waals surface area contributed by atoms with Gasteiger partial charge in [0.25, 0.3) is 0 Å². The zero-order valence-electron chi connectivity index (χ0n) is 13.8. The molecule has 140 valence electrons. The van der Waals surface area contributed by atoms with E-state index in [1.807, 2.05) is 12.1 Å². The van der Waals surface area contributed by atoms with Crippen LogP contribution in [0, 0.1) is 0 Å². The third-order valence-electron chi connectivity index (χ3n) is 3.36. The van der Waals surface area contributed by atoms with Gasteiger partial charge in [-0.25, -0.2) is 13.1 Å². The van der Waals surface area contributed by atoms with Crippen molar-refractivity contribution >= 4 is 31.9 Å². The van der Waals surface area contributed by atoms with Gasteiger partial charge in [0.15, 0.2) is 0 Å². The average Bonchev–Trinajstić information content (AvgIpc) is 2.55. The van der Waals surface area contributed by atoms with E-state index in [4.69, 9.17) is 9.84 Å². The van der Waals surface area contributed by atoms with Crippen molar-refractivity contribution in [2.45, 2.75) is 23.8 Å². The minimum absolute atomic E-state index is 0.0215. The molecule has 1 unspecified atom stereocenters. The van der Waals surface area contributed by atoms with Crippen LogP contribution in [0.2, 0.25) is 0 Å². The van der Waals surface area contributed by atoms with Gasteiger partial charge in [0.05, 0.1) is 16.9 Å². The van der Waals surface area contributed by atoms with E-state index in [0.717, 1.165) is 4.47 Å².